The number of Topliss-reactive ketones (excluding diaryl/α,β-unsaturated/α-hetero) is 1. The van der Waals surface area contributed by atoms with Gasteiger partial charge < -0.3 is 15.2 Å². The van der Waals surface area contributed by atoms with Gasteiger partial charge in [0, 0.05) is 26.6 Å². The number of aromatic nitrogens is 1. The van der Waals surface area contributed by atoms with Crippen molar-refractivity contribution >= 4 is 35.1 Å². The third kappa shape index (κ3) is 3.91. The van der Waals surface area contributed by atoms with E-state index < -0.39 is 17.5 Å². The first kappa shape index (κ1) is 17.9. The van der Waals surface area contributed by atoms with Gasteiger partial charge in [-0.25, -0.2) is 0 Å². The van der Waals surface area contributed by atoms with Gasteiger partial charge in [-0.05, 0) is 18.6 Å². The minimum absolute atomic E-state index is 0.0809. The van der Waals surface area contributed by atoms with Crippen molar-refractivity contribution in [2.45, 2.75) is 19.8 Å². The Kier molecular flexibility index (Phi) is 5.91. The fourth-order valence-corrected chi connectivity index (χ4v) is 3.09. The standard InChI is InChI=1S/C15H17N3O5S/c1-8(19)17-5-3-4-6-24-10-7-9(20)14-11(13(10)21)12(18-23-14)15(22)16-2/h7H,3-6H2,1-2H3,(H,16,22)(H,17,19). The van der Waals surface area contributed by atoms with Crippen molar-refractivity contribution in [3.63, 3.8) is 0 Å². The molecule has 2 amide bonds. The van der Waals surface area contributed by atoms with Crippen molar-refractivity contribution in [3.8, 4) is 0 Å². The summed E-state index contributed by atoms with van der Waals surface area (Å²) in [4.78, 5) is 47.3. The van der Waals surface area contributed by atoms with E-state index in [0.717, 1.165) is 12.8 Å². The Morgan fingerprint density at radius 1 is 1.29 bits per heavy atom. The van der Waals surface area contributed by atoms with Crippen LogP contribution in [0.15, 0.2) is 15.5 Å². The maximum atomic E-state index is 12.5. The second-order valence-corrected chi connectivity index (χ2v) is 6.19. The van der Waals surface area contributed by atoms with Gasteiger partial charge in [-0.15, -0.1) is 11.8 Å². The van der Waals surface area contributed by atoms with E-state index in [1.807, 2.05) is 0 Å². The summed E-state index contributed by atoms with van der Waals surface area (Å²) in [6.07, 6.45) is 2.74. The van der Waals surface area contributed by atoms with E-state index in [4.69, 9.17) is 4.52 Å². The molecule has 2 rings (SSSR count). The van der Waals surface area contributed by atoms with E-state index in [1.165, 1.54) is 31.8 Å². The van der Waals surface area contributed by atoms with Gasteiger partial charge in [0.1, 0.15) is 5.56 Å². The summed E-state index contributed by atoms with van der Waals surface area (Å²) >= 11 is 1.24. The minimum Gasteiger partial charge on any atom is -0.356 e. The molecule has 0 aliphatic heterocycles. The average molecular weight is 351 g/mol. The molecular weight excluding hydrogens is 334 g/mol. The van der Waals surface area contributed by atoms with Crippen LogP contribution in [0.1, 0.15) is 51.2 Å². The number of nitrogens with zero attached hydrogens (tertiary/aromatic N) is 1. The second kappa shape index (κ2) is 7.91. The van der Waals surface area contributed by atoms with Crippen LogP contribution < -0.4 is 10.6 Å². The second-order valence-electron chi connectivity index (χ2n) is 5.05. The molecule has 1 aliphatic carbocycles. The number of fused-ring (bicyclic) bond motifs is 1. The van der Waals surface area contributed by atoms with Gasteiger partial charge in [-0.1, -0.05) is 5.16 Å². The van der Waals surface area contributed by atoms with Crippen molar-refractivity contribution in [2.24, 2.45) is 0 Å². The van der Waals surface area contributed by atoms with Crippen molar-refractivity contribution in [1.29, 1.82) is 0 Å². The number of hydrogen-bond acceptors (Lipinski definition) is 7. The highest BCUT2D eigenvalue weighted by atomic mass is 32.2. The third-order valence-electron chi connectivity index (χ3n) is 3.27. The first-order valence-corrected chi connectivity index (χ1v) is 8.34. The number of rotatable bonds is 7. The van der Waals surface area contributed by atoms with E-state index in [-0.39, 0.29) is 27.8 Å². The van der Waals surface area contributed by atoms with Crippen LogP contribution in [0.3, 0.4) is 0 Å². The molecule has 0 aromatic carbocycles. The Balaban J connectivity index is 2.00. The summed E-state index contributed by atoms with van der Waals surface area (Å²) in [6.45, 7) is 2.02. The van der Waals surface area contributed by atoms with E-state index in [0.29, 0.717) is 12.3 Å². The van der Waals surface area contributed by atoms with Crippen molar-refractivity contribution in [2.75, 3.05) is 19.3 Å². The highest BCUT2D eigenvalue weighted by Gasteiger charge is 2.35. The van der Waals surface area contributed by atoms with Gasteiger partial charge in [0.05, 0.1) is 4.91 Å². The number of thioether (sulfide) groups is 1. The number of amides is 2. The van der Waals surface area contributed by atoms with Crippen LogP contribution in [0.5, 0.6) is 0 Å². The molecule has 0 bridgehead atoms. The largest absolute Gasteiger partial charge is 0.356 e. The third-order valence-corrected chi connectivity index (χ3v) is 4.38. The van der Waals surface area contributed by atoms with Crippen LogP contribution >= 0.6 is 11.8 Å². The summed E-state index contributed by atoms with van der Waals surface area (Å²) in [5.41, 5.74) is -0.259. The molecule has 1 heterocycles. The number of hydrogen-bond donors (Lipinski definition) is 2. The van der Waals surface area contributed by atoms with Crippen molar-refractivity contribution < 1.29 is 23.7 Å². The van der Waals surface area contributed by atoms with E-state index in [1.54, 1.807) is 0 Å². The van der Waals surface area contributed by atoms with Crippen LogP contribution in [-0.2, 0) is 4.79 Å². The highest BCUT2D eigenvalue weighted by molar-refractivity contribution is 8.04. The lowest BCUT2D eigenvalue weighted by Gasteiger charge is -2.10. The molecule has 2 N–H and O–H groups in total. The molecule has 0 saturated carbocycles. The molecule has 0 fully saturated rings. The summed E-state index contributed by atoms with van der Waals surface area (Å²) in [5.74, 6) is -1.17. The van der Waals surface area contributed by atoms with Gasteiger partial charge in [-0.3, -0.25) is 19.2 Å². The topological polar surface area (TPSA) is 118 Å². The Morgan fingerprint density at radius 3 is 2.71 bits per heavy atom. The number of unbranched alkanes of at least 4 members (excludes halogenated alkanes) is 1. The molecule has 0 unspecified atom stereocenters. The molecule has 0 spiro atoms. The molecule has 24 heavy (non-hydrogen) atoms. The zero-order chi connectivity index (χ0) is 17.7. The van der Waals surface area contributed by atoms with Gasteiger partial charge in [0.2, 0.25) is 23.2 Å². The van der Waals surface area contributed by atoms with Crippen molar-refractivity contribution in [1.82, 2.24) is 15.8 Å². The lowest BCUT2D eigenvalue weighted by atomic mass is 10.00. The lowest BCUT2D eigenvalue weighted by Crippen LogP contribution is -2.23. The molecule has 0 radical (unpaired) electrons. The normalized spacial score (nSPS) is 13.3. The van der Waals surface area contributed by atoms with Crippen LogP contribution in [0, 0.1) is 0 Å². The summed E-state index contributed by atoms with van der Waals surface area (Å²) in [6, 6.07) is 0. The molecule has 1 aromatic heterocycles. The summed E-state index contributed by atoms with van der Waals surface area (Å²) in [5, 5.41) is 8.57. The van der Waals surface area contributed by atoms with Crippen LogP contribution in [-0.4, -0.2) is 47.9 Å². The molecule has 9 heteroatoms. The number of ketones is 2. The SMILES string of the molecule is CNC(=O)c1noc2c1C(=O)C(SCCCCNC(C)=O)=CC2=O. The monoisotopic (exact) mass is 351 g/mol. The summed E-state index contributed by atoms with van der Waals surface area (Å²) < 4.78 is 4.85. The Morgan fingerprint density at radius 2 is 2.04 bits per heavy atom. The predicted molar refractivity (Wildman–Crippen MR) is 87.0 cm³/mol. The van der Waals surface area contributed by atoms with E-state index >= 15 is 0 Å². The van der Waals surface area contributed by atoms with E-state index in [2.05, 4.69) is 15.8 Å². The Labute approximate surface area is 142 Å². The lowest BCUT2D eigenvalue weighted by molar-refractivity contribution is -0.118. The van der Waals surface area contributed by atoms with Gasteiger partial charge >= 0.3 is 0 Å². The number of allylic oxidation sites excluding steroid dienone is 2. The fourth-order valence-electron chi connectivity index (χ4n) is 2.10. The molecule has 0 saturated heterocycles. The molecule has 0 atom stereocenters. The zero-order valence-corrected chi connectivity index (χ0v) is 14.1. The maximum Gasteiger partial charge on any atom is 0.274 e. The van der Waals surface area contributed by atoms with E-state index in [9.17, 15) is 19.2 Å². The minimum atomic E-state index is -0.581. The molecule has 1 aromatic rings. The summed E-state index contributed by atoms with van der Waals surface area (Å²) in [7, 11) is 1.40. The van der Waals surface area contributed by atoms with Crippen LogP contribution in [0.4, 0.5) is 0 Å². The van der Waals surface area contributed by atoms with Gasteiger partial charge in [-0.2, -0.15) is 0 Å². The predicted octanol–water partition coefficient (Wildman–Crippen LogP) is 0.947. The average Bonchev–Trinajstić information content (AvgIpc) is 2.99. The Bertz CT molecular complexity index is 723. The maximum absolute atomic E-state index is 12.5. The number of nitrogens with one attached hydrogen (secondary N) is 2. The first-order chi connectivity index (χ1) is 11.5. The zero-order valence-electron chi connectivity index (χ0n) is 13.3. The molecule has 128 valence electrons. The highest BCUT2D eigenvalue weighted by Crippen LogP contribution is 2.30. The smallest absolute Gasteiger partial charge is 0.274 e. The fraction of sp³-hybridized carbons (Fsp3) is 0.400. The van der Waals surface area contributed by atoms with Gasteiger partial charge in [0.25, 0.3) is 5.91 Å². The van der Waals surface area contributed by atoms with Crippen molar-refractivity contribution in [3.05, 3.63) is 28.0 Å². The first-order valence-electron chi connectivity index (χ1n) is 7.35. The Hall–Kier alpha value is -2.42. The number of carbonyl (C=O) groups is 4. The molecule has 8 nitrogen and oxygen atoms in total. The van der Waals surface area contributed by atoms with Crippen LogP contribution in [0.2, 0.25) is 0 Å². The molecule has 1 aliphatic rings. The number of carbonyl (C=O) groups excluding carboxylic acids is 4. The van der Waals surface area contributed by atoms with Crippen LogP contribution in [0.25, 0.3) is 0 Å². The van der Waals surface area contributed by atoms with Gasteiger partial charge in [0.15, 0.2) is 5.69 Å². The molecular formula is C15H17N3O5S. The quantitative estimate of drug-likeness (QED) is 0.702.